The van der Waals surface area contributed by atoms with Gasteiger partial charge in [0.1, 0.15) is 0 Å². The summed E-state index contributed by atoms with van der Waals surface area (Å²) < 4.78 is 0. The Balaban J connectivity index is 0.00000196. The lowest BCUT2D eigenvalue weighted by molar-refractivity contribution is -0.118. The molecule has 0 bridgehead atoms. The van der Waals surface area contributed by atoms with Crippen LogP contribution in [0.4, 0.5) is 5.13 Å². The zero-order valence-electron chi connectivity index (χ0n) is 8.98. The summed E-state index contributed by atoms with van der Waals surface area (Å²) in [5.41, 5.74) is 5.68. The molecule has 0 aliphatic rings. The van der Waals surface area contributed by atoms with Gasteiger partial charge in [-0.2, -0.15) is 0 Å². The molecule has 1 aromatic rings. The molecule has 0 aliphatic carbocycles. The smallest absolute Gasteiger partial charge is 0.243 e. The molecule has 4 nitrogen and oxygen atoms in total. The second-order valence-electron chi connectivity index (χ2n) is 3.54. The van der Waals surface area contributed by atoms with E-state index in [1.165, 1.54) is 11.3 Å². The van der Waals surface area contributed by atoms with Crippen molar-refractivity contribution in [1.29, 1.82) is 0 Å². The molecular formula is C9H16ClN3OS. The molecule has 1 rings (SSSR count). The second-order valence-corrected chi connectivity index (χ2v) is 4.77. The van der Waals surface area contributed by atoms with Crippen LogP contribution in [0.15, 0.2) is 6.20 Å². The van der Waals surface area contributed by atoms with Crippen LogP contribution in [0.2, 0.25) is 0 Å². The van der Waals surface area contributed by atoms with Gasteiger partial charge in [0.2, 0.25) is 5.91 Å². The summed E-state index contributed by atoms with van der Waals surface area (Å²) in [6, 6.07) is -0.473. The normalized spacial score (nSPS) is 12.1. The number of amides is 1. The molecule has 15 heavy (non-hydrogen) atoms. The van der Waals surface area contributed by atoms with Crippen LogP contribution in [-0.4, -0.2) is 16.9 Å². The number of rotatable bonds is 3. The van der Waals surface area contributed by atoms with Crippen molar-refractivity contribution < 1.29 is 4.79 Å². The molecule has 0 aliphatic heterocycles. The summed E-state index contributed by atoms with van der Waals surface area (Å²) in [6.07, 6.45) is 1.72. The van der Waals surface area contributed by atoms with Crippen molar-refractivity contribution in [2.75, 3.05) is 5.32 Å². The quantitative estimate of drug-likeness (QED) is 0.858. The highest BCUT2D eigenvalue weighted by molar-refractivity contribution is 7.15. The SMILES string of the molecule is Cc1cnc(NC(=O)[C@H](N)C(C)C)s1.Cl. The summed E-state index contributed by atoms with van der Waals surface area (Å²) in [5, 5.41) is 3.30. The molecule has 0 saturated heterocycles. The van der Waals surface area contributed by atoms with Gasteiger partial charge in [0.25, 0.3) is 0 Å². The number of hydrogen-bond donors (Lipinski definition) is 2. The van der Waals surface area contributed by atoms with E-state index in [2.05, 4.69) is 10.3 Å². The van der Waals surface area contributed by atoms with Gasteiger partial charge in [-0.05, 0) is 12.8 Å². The molecule has 1 amide bonds. The van der Waals surface area contributed by atoms with Crippen LogP contribution in [0.25, 0.3) is 0 Å². The maximum atomic E-state index is 11.5. The van der Waals surface area contributed by atoms with Crippen LogP contribution in [0.3, 0.4) is 0 Å². The average molecular weight is 250 g/mol. The fourth-order valence-corrected chi connectivity index (χ4v) is 1.57. The lowest BCUT2D eigenvalue weighted by Gasteiger charge is -2.13. The summed E-state index contributed by atoms with van der Waals surface area (Å²) in [4.78, 5) is 16.6. The number of thiazole rings is 1. The van der Waals surface area contributed by atoms with E-state index < -0.39 is 6.04 Å². The molecule has 0 fully saturated rings. The zero-order chi connectivity index (χ0) is 10.7. The molecule has 1 heterocycles. The Kier molecular flexibility index (Phi) is 5.79. The number of nitrogens with zero attached hydrogens (tertiary/aromatic N) is 1. The van der Waals surface area contributed by atoms with E-state index in [1.54, 1.807) is 6.20 Å². The molecule has 86 valence electrons. The van der Waals surface area contributed by atoms with Gasteiger partial charge in [0.05, 0.1) is 6.04 Å². The van der Waals surface area contributed by atoms with Crippen LogP contribution < -0.4 is 11.1 Å². The summed E-state index contributed by atoms with van der Waals surface area (Å²) in [6.45, 7) is 5.77. The van der Waals surface area contributed by atoms with Crippen molar-refractivity contribution in [3.05, 3.63) is 11.1 Å². The number of aryl methyl sites for hydroxylation is 1. The van der Waals surface area contributed by atoms with Gasteiger partial charge in [-0.1, -0.05) is 13.8 Å². The first-order valence-corrected chi connectivity index (χ1v) is 5.31. The van der Waals surface area contributed by atoms with Crippen molar-refractivity contribution in [1.82, 2.24) is 4.98 Å². The Hall–Kier alpha value is -0.650. The first kappa shape index (κ1) is 14.3. The van der Waals surface area contributed by atoms with Crippen molar-refractivity contribution >= 4 is 34.8 Å². The number of hydrogen-bond acceptors (Lipinski definition) is 4. The van der Waals surface area contributed by atoms with Crippen LogP contribution in [0.1, 0.15) is 18.7 Å². The average Bonchev–Trinajstić information content (AvgIpc) is 2.49. The Bertz CT molecular complexity index is 327. The minimum atomic E-state index is -0.473. The molecule has 1 atom stereocenters. The van der Waals surface area contributed by atoms with Gasteiger partial charge in [0.15, 0.2) is 5.13 Å². The Morgan fingerprint density at radius 3 is 2.60 bits per heavy atom. The van der Waals surface area contributed by atoms with Crippen molar-refractivity contribution in [2.45, 2.75) is 26.8 Å². The fourth-order valence-electron chi connectivity index (χ4n) is 0.904. The molecule has 1 aromatic heterocycles. The van der Waals surface area contributed by atoms with Crippen molar-refractivity contribution in [2.24, 2.45) is 11.7 Å². The first-order chi connectivity index (χ1) is 6.50. The minimum absolute atomic E-state index is 0. The number of halogens is 1. The van der Waals surface area contributed by atoms with E-state index in [1.807, 2.05) is 20.8 Å². The lowest BCUT2D eigenvalue weighted by Crippen LogP contribution is -2.39. The number of nitrogens with two attached hydrogens (primary N) is 1. The summed E-state index contributed by atoms with van der Waals surface area (Å²) >= 11 is 1.45. The van der Waals surface area contributed by atoms with E-state index in [9.17, 15) is 4.79 Å². The minimum Gasteiger partial charge on any atom is -0.320 e. The van der Waals surface area contributed by atoms with E-state index in [4.69, 9.17) is 5.73 Å². The predicted molar refractivity (Wildman–Crippen MR) is 65.5 cm³/mol. The maximum Gasteiger partial charge on any atom is 0.243 e. The van der Waals surface area contributed by atoms with Gasteiger partial charge < -0.3 is 11.1 Å². The number of carbonyl (C=O) groups excluding carboxylic acids is 1. The summed E-state index contributed by atoms with van der Waals surface area (Å²) in [7, 11) is 0. The monoisotopic (exact) mass is 249 g/mol. The Morgan fingerprint density at radius 1 is 1.60 bits per heavy atom. The highest BCUT2D eigenvalue weighted by atomic mass is 35.5. The number of anilines is 1. The van der Waals surface area contributed by atoms with Crippen LogP contribution >= 0.6 is 23.7 Å². The van der Waals surface area contributed by atoms with Crippen molar-refractivity contribution in [3.63, 3.8) is 0 Å². The predicted octanol–water partition coefficient (Wildman–Crippen LogP) is 1.80. The third-order valence-corrected chi connectivity index (χ3v) is 2.70. The van der Waals surface area contributed by atoms with E-state index in [0.29, 0.717) is 5.13 Å². The zero-order valence-corrected chi connectivity index (χ0v) is 10.6. The van der Waals surface area contributed by atoms with Crippen LogP contribution in [0.5, 0.6) is 0 Å². The molecule has 0 unspecified atom stereocenters. The molecule has 6 heteroatoms. The topological polar surface area (TPSA) is 68.0 Å². The maximum absolute atomic E-state index is 11.5. The number of carbonyl (C=O) groups is 1. The Labute approximate surface area is 99.7 Å². The van der Waals surface area contributed by atoms with Crippen LogP contribution in [0, 0.1) is 12.8 Å². The van der Waals surface area contributed by atoms with Crippen molar-refractivity contribution in [3.8, 4) is 0 Å². The molecular weight excluding hydrogens is 234 g/mol. The van der Waals surface area contributed by atoms with Gasteiger partial charge >= 0.3 is 0 Å². The first-order valence-electron chi connectivity index (χ1n) is 4.49. The number of nitrogens with one attached hydrogen (secondary N) is 1. The third-order valence-electron chi connectivity index (χ3n) is 1.87. The third kappa shape index (κ3) is 4.15. The van der Waals surface area contributed by atoms with E-state index >= 15 is 0 Å². The molecule has 0 radical (unpaired) electrons. The second kappa shape index (κ2) is 6.05. The highest BCUT2D eigenvalue weighted by Crippen LogP contribution is 2.16. The highest BCUT2D eigenvalue weighted by Gasteiger charge is 2.17. The molecule has 3 N–H and O–H groups in total. The van der Waals surface area contributed by atoms with Gasteiger partial charge in [0, 0.05) is 11.1 Å². The van der Waals surface area contributed by atoms with E-state index in [0.717, 1.165) is 4.88 Å². The summed E-state index contributed by atoms with van der Waals surface area (Å²) in [5.74, 6) is -0.0367. The van der Waals surface area contributed by atoms with Crippen LogP contribution in [-0.2, 0) is 4.79 Å². The van der Waals surface area contributed by atoms with Gasteiger partial charge in [-0.3, -0.25) is 4.79 Å². The standard InChI is InChI=1S/C9H15N3OS.ClH/c1-5(2)7(10)8(13)12-9-11-4-6(3)14-9;/h4-5,7H,10H2,1-3H3,(H,11,12,13);1H/t7-;/m1./s1. The van der Waals surface area contributed by atoms with E-state index in [-0.39, 0.29) is 24.2 Å². The molecule has 0 aromatic carbocycles. The fraction of sp³-hybridized carbons (Fsp3) is 0.556. The largest absolute Gasteiger partial charge is 0.320 e. The van der Waals surface area contributed by atoms with Gasteiger partial charge in [-0.15, -0.1) is 23.7 Å². The molecule has 0 saturated carbocycles. The Morgan fingerprint density at radius 2 is 2.20 bits per heavy atom. The molecule has 0 spiro atoms. The van der Waals surface area contributed by atoms with Gasteiger partial charge in [-0.25, -0.2) is 4.98 Å². The number of aromatic nitrogens is 1. The lowest BCUT2D eigenvalue weighted by atomic mass is 10.1.